The van der Waals surface area contributed by atoms with Gasteiger partial charge >= 0.3 is 5.97 Å². The van der Waals surface area contributed by atoms with Crippen molar-refractivity contribution in [2.24, 2.45) is 0 Å². The molecule has 5 heteroatoms. The molecule has 0 bridgehead atoms. The maximum atomic E-state index is 10.9. The zero-order valence-corrected chi connectivity index (χ0v) is 12.1. The third-order valence-electron chi connectivity index (χ3n) is 2.70. The first kappa shape index (κ1) is 14.1. The minimum Gasteiger partial charge on any atom is -0.478 e. The smallest absolute Gasteiger partial charge is 0.335 e. The van der Waals surface area contributed by atoms with Crippen LogP contribution in [0.4, 0.5) is 0 Å². The molecule has 2 aromatic carbocycles. The number of carboxylic acid groups (broad SMARTS) is 1. The van der Waals surface area contributed by atoms with Crippen molar-refractivity contribution in [2.75, 3.05) is 0 Å². The molecule has 4 nitrogen and oxygen atoms in total. The molecule has 0 heterocycles. The average Bonchev–Trinajstić information content (AvgIpc) is 2.42. The second kappa shape index (κ2) is 5.76. The molecule has 0 amide bonds. The zero-order valence-electron chi connectivity index (χ0n) is 10.6. The predicted molar refractivity (Wildman–Crippen MR) is 77.1 cm³/mol. The summed E-state index contributed by atoms with van der Waals surface area (Å²) in [7, 11) is 0. The molecule has 0 saturated heterocycles. The van der Waals surface area contributed by atoms with Crippen molar-refractivity contribution in [3.8, 4) is 17.6 Å². The van der Waals surface area contributed by atoms with E-state index in [1.54, 1.807) is 37.3 Å². The van der Waals surface area contributed by atoms with Gasteiger partial charge in [0.2, 0.25) is 0 Å². The first-order valence-electron chi connectivity index (χ1n) is 5.72. The van der Waals surface area contributed by atoms with Crippen LogP contribution >= 0.6 is 15.9 Å². The van der Waals surface area contributed by atoms with E-state index in [1.807, 2.05) is 6.07 Å². The zero-order chi connectivity index (χ0) is 14.7. The fourth-order valence-electron chi connectivity index (χ4n) is 1.67. The monoisotopic (exact) mass is 331 g/mol. The number of aromatic carboxylic acids is 1. The molecular weight excluding hydrogens is 322 g/mol. The van der Waals surface area contributed by atoms with Crippen LogP contribution in [0.5, 0.6) is 11.5 Å². The molecule has 0 fully saturated rings. The largest absolute Gasteiger partial charge is 0.478 e. The lowest BCUT2D eigenvalue weighted by molar-refractivity contribution is 0.0697. The number of aryl methyl sites for hydroxylation is 1. The van der Waals surface area contributed by atoms with Gasteiger partial charge in [0.05, 0.1) is 21.7 Å². The number of benzene rings is 2. The Hall–Kier alpha value is -2.32. The lowest BCUT2D eigenvalue weighted by Gasteiger charge is -2.11. The summed E-state index contributed by atoms with van der Waals surface area (Å²) in [4.78, 5) is 10.9. The van der Waals surface area contributed by atoms with Crippen molar-refractivity contribution in [3.05, 3.63) is 57.6 Å². The van der Waals surface area contributed by atoms with E-state index in [0.717, 1.165) is 5.56 Å². The molecule has 0 radical (unpaired) electrons. The van der Waals surface area contributed by atoms with Crippen LogP contribution in [0.3, 0.4) is 0 Å². The SMILES string of the molecule is Cc1cc(C(=O)O)ccc1Oc1ccc(C#N)cc1Br. The lowest BCUT2D eigenvalue weighted by atomic mass is 10.1. The summed E-state index contributed by atoms with van der Waals surface area (Å²) >= 11 is 3.34. The number of hydrogen-bond donors (Lipinski definition) is 1. The fourth-order valence-corrected chi connectivity index (χ4v) is 2.13. The summed E-state index contributed by atoms with van der Waals surface area (Å²) in [5, 5.41) is 17.7. The molecule has 0 aliphatic rings. The Labute approximate surface area is 124 Å². The van der Waals surface area contributed by atoms with E-state index >= 15 is 0 Å². The van der Waals surface area contributed by atoms with Crippen LogP contribution in [0, 0.1) is 18.3 Å². The Morgan fingerprint density at radius 1 is 1.25 bits per heavy atom. The molecular formula is C15H10BrNO3. The normalized spacial score (nSPS) is 9.85. The summed E-state index contributed by atoms with van der Waals surface area (Å²) < 4.78 is 6.39. The van der Waals surface area contributed by atoms with Gasteiger partial charge in [-0.05, 0) is 64.8 Å². The van der Waals surface area contributed by atoms with E-state index in [1.165, 1.54) is 6.07 Å². The van der Waals surface area contributed by atoms with Crippen LogP contribution in [0.1, 0.15) is 21.5 Å². The molecule has 100 valence electrons. The Morgan fingerprint density at radius 2 is 1.95 bits per heavy atom. The van der Waals surface area contributed by atoms with Gasteiger partial charge in [-0.25, -0.2) is 4.79 Å². The van der Waals surface area contributed by atoms with E-state index < -0.39 is 5.97 Å². The molecule has 1 N–H and O–H groups in total. The van der Waals surface area contributed by atoms with Crippen molar-refractivity contribution >= 4 is 21.9 Å². The van der Waals surface area contributed by atoms with E-state index in [-0.39, 0.29) is 5.56 Å². The second-order valence-corrected chi connectivity index (χ2v) is 5.00. The molecule has 2 aromatic rings. The molecule has 20 heavy (non-hydrogen) atoms. The molecule has 0 unspecified atom stereocenters. The van der Waals surface area contributed by atoms with Crippen LogP contribution < -0.4 is 4.74 Å². The summed E-state index contributed by atoms with van der Waals surface area (Å²) in [6.07, 6.45) is 0. The number of carboxylic acids is 1. The number of halogens is 1. The van der Waals surface area contributed by atoms with Crippen molar-refractivity contribution in [3.63, 3.8) is 0 Å². The minimum absolute atomic E-state index is 0.216. The molecule has 0 aliphatic carbocycles. The second-order valence-electron chi connectivity index (χ2n) is 4.14. The third kappa shape index (κ3) is 2.98. The van der Waals surface area contributed by atoms with Crippen LogP contribution in [-0.2, 0) is 0 Å². The Kier molecular flexibility index (Phi) is 4.06. The molecule has 0 saturated carbocycles. The number of carbonyl (C=O) groups is 1. The maximum Gasteiger partial charge on any atom is 0.335 e. The molecule has 0 atom stereocenters. The van der Waals surface area contributed by atoms with Crippen LogP contribution in [0.15, 0.2) is 40.9 Å². The average molecular weight is 332 g/mol. The summed E-state index contributed by atoms with van der Waals surface area (Å²) in [6.45, 7) is 1.78. The highest BCUT2D eigenvalue weighted by molar-refractivity contribution is 9.10. The topological polar surface area (TPSA) is 70.3 Å². The standard InChI is InChI=1S/C15H10BrNO3/c1-9-6-11(15(18)19)3-5-13(9)20-14-4-2-10(8-17)7-12(14)16/h2-7H,1H3,(H,18,19). The van der Waals surface area contributed by atoms with Gasteiger partial charge in [-0.2, -0.15) is 5.26 Å². The minimum atomic E-state index is -0.973. The molecule has 2 rings (SSSR count). The van der Waals surface area contributed by atoms with Gasteiger partial charge in [-0.3, -0.25) is 0 Å². The first-order valence-corrected chi connectivity index (χ1v) is 6.52. The van der Waals surface area contributed by atoms with Gasteiger partial charge in [0.15, 0.2) is 0 Å². The first-order chi connectivity index (χ1) is 9.51. The summed E-state index contributed by atoms with van der Waals surface area (Å²) in [5.74, 6) is 0.162. The lowest BCUT2D eigenvalue weighted by Crippen LogP contribution is -1.97. The van der Waals surface area contributed by atoms with Crippen LogP contribution in [-0.4, -0.2) is 11.1 Å². The number of hydrogen-bond acceptors (Lipinski definition) is 3. The highest BCUT2D eigenvalue weighted by Crippen LogP contribution is 2.32. The van der Waals surface area contributed by atoms with Gasteiger partial charge < -0.3 is 9.84 Å². The Bertz CT molecular complexity index is 720. The van der Waals surface area contributed by atoms with Crippen molar-refractivity contribution < 1.29 is 14.6 Å². The van der Waals surface area contributed by atoms with Crippen LogP contribution in [0.25, 0.3) is 0 Å². The maximum absolute atomic E-state index is 10.9. The summed E-state index contributed by atoms with van der Waals surface area (Å²) in [5.41, 5.74) is 1.47. The predicted octanol–water partition coefficient (Wildman–Crippen LogP) is 4.12. The number of nitrogens with zero attached hydrogens (tertiary/aromatic N) is 1. The Balaban J connectivity index is 2.31. The quantitative estimate of drug-likeness (QED) is 0.918. The number of nitriles is 1. The van der Waals surface area contributed by atoms with E-state index in [2.05, 4.69) is 15.9 Å². The highest BCUT2D eigenvalue weighted by atomic mass is 79.9. The molecule has 0 aliphatic heterocycles. The van der Waals surface area contributed by atoms with Gasteiger partial charge in [-0.1, -0.05) is 0 Å². The van der Waals surface area contributed by atoms with Crippen molar-refractivity contribution in [1.29, 1.82) is 5.26 Å². The van der Waals surface area contributed by atoms with E-state index in [4.69, 9.17) is 15.1 Å². The van der Waals surface area contributed by atoms with E-state index in [9.17, 15) is 4.79 Å². The molecule has 0 aromatic heterocycles. The van der Waals surface area contributed by atoms with Gasteiger partial charge in [-0.15, -0.1) is 0 Å². The summed E-state index contributed by atoms with van der Waals surface area (Å²) in [6, 6.07) is 11.7. The van der Waals surface area contributed by atoms with Crippen molar-refractivity contribution in [1.82, 2.24) is 0 Å². The van der Waals surface area contributed by atoms with Crippen molar-refractivity contribution in [2.45, 2.75) is 6.92 Å². The highest BCUT2D eigenvalue weighted by Gasteiger charge is 2.09. The molecule has 0 spiro atoms. The fraction of sp³-hybridized carbons (Fsp3) is 0.0667. The Morgan fingerprint density at radius 3 is 2.50 bits per heavy atom. The van der Waals surface area contributed by atoms with E-state index in [0.29, 0.717) is 21.5 Å². The third-order valence-corrected chi connectivity index (χ3v) is 3.32. The van der Waals surface area contributed by atoms with Gasteiger partial charge in [0.25, 0.3) is 0 Å². The number of ether oxygens (including phenoxy) is 1. The number of rotatable bonds is 3. The van der Waals surface area contributed by atoms with Crippen LogP contribution in [0.2, 0.25) is 0 Å². The van der Waals surface area contributed by atoms with Gasteiger partial charge in [0, 0.05) is 0 Å². The van der Waals surface area contributed by atoms with Gasteiger partial charge in [0.1, 0.15) is 11.5 Å².